The average molecular weight is 278 g/mol. The van der Waals surface area contributed by atoms with Crippen LogP contribution in [0.15, 0.2) is 39.8 Å². The summed E-state index contributed by atoms with van der Waals surface area (Å²) in [5.41, 5.74) is 3.82. The summed E-state index contributed by atoms with van der Waals surface area (Å²) < 4.78 is 0. The molecule has 1 aromatic carbocycles. The number of amides is 2. The first kappa shape index (κ1) is 13.6. The van der Waals surface area contributed by atoms with Crippen LogP contribution in [0.2, 0.25) is 0 Å². The van der Waals surface area contributed by atoms with E-state index in [9.17, 15) is 9.59 Å². The van der Waals surface area contributed by atoms with Crippen molar-refractivity contribution in [2.75, 3.05) is 6.61 Å². The SMILES string of the molecule is CCONC1=C(Sc2ccc(C)cc2)C(=O)NC1=O. The lowest BCUT2D eigenvalue weighted by Gasteiger charge is -2.06. The number of rotatable bonds is 5. The Morgan fingerprint density at radius 3 is 2.53 bits per heavy atom. The normalized spacial score (nSPS) is 14.8. The maximum Gasteiger partial charge on any atom is 0.277 e. The number of benzene rings is 1. The van der Waals surface area contributed by atoms with Gasteiger partial charge in [-0.25, -0.2) is 0 Å². The van der Waals surface area contributed by atoms with Crippen molar-refractivity contribution >= 4 is 23.6 Å². The Morgan fingerprint density at radius 1 is 1.21 bits per heavy atom. The number of carbonyl (C=O) groups excluding carboxylic acids is 2. The molecule has 19 heavy (non-hydrogen) atoms. The van der Waals surface area contributed by atoms with E-state index >= 15 is 0 Å². The van der Waals surface area contributed by atoms with Gasteiger partial charge in [0.1, 0.15) is 10.6 Å². The van der Waals surface area contributed by atoms with E-state index in [0.29, 0.717) is 11.5 Å². The van der Waals surface area contributed by atoms with Gasteiger partial charge in [0.25, 0.3) is 11.8 Å². The largest absolute Gasteiger partial charge is 0.286 e. The Balaban J connectivity index is 2.23. The molecule has 100 valence electrons. The van der Waals surface area contributed by atoms with E-state index in [1.54, 1.807) is 6.92 Å². The van der Waals surface area contributed by atoms with Crippen LogP contribution in [0.3, 0.4) is 0 Å². The summed E-state index contributed by atoms with van der Waals surface area (Å²) in [6, 6.07) is 7.71. The van der Waals surface area contributed by atoms with Gasteiger partial charge >= 0.3 is 0 Å². The van der Waals surface area contributed by atoms with Crippen molar-refractivity contribution in [1.29, 1.82) is 0 Å². The van der Waals surface area contributed by atoms with E-state index in [1.165, 1.54) is 11.8 Å². The zero-order valence-electron chi connectivity index (χ0n) is 10.6. The molecule has 0 spiro atoms. The first-order valence-electron chi connectivity index (χ1n) is 5.84. The zero-order valence-corrected chi connectivity index (χ0v) is 11.5. The molecule has 6 heteroatoms. The summed E-state index contributed by atoms with van der Waals surface area (Å²) in [5.74, 6) is -0.870. The molecule has 0 aromatic heterocycles. The summed E-state index contributed by atoms with van der Waals surface area (Å²) in [6.07, 6.45) is 0. The quantitative estimate of drug-likeness (QED) is 0.631. The third-order valence-corrected chi connectivity index (χ3v) is 3.55. The highest BCUT2D eigenvalue weighted by Crippen LogP contribution is 2.31. The molecule has 1 heterocycles. The molecule has 1 aliphatic heterocycles. The van der Waals surface area contributed by atoms with Crippen LogP contribution >= 0.6 is 11.8 Å². The van der Waals surface area contributed by atoms with Gasteiger partial charge in [0.15, 0.2) is 0 Å². The number of imide groups is 1. The minimum atomic E-state index is -0.465. The van der Waals surface area contributed by atoms with E-state index in [4.69, 9.17) is 4.84 Å². The molecule has 0 unspecified atom stereocenters. The molecule has 0 saturated carbocycles. The fraction of sp³-hybridized carbons (Fsp3) is 0.231. The molecule has 2 rings (SSSR count). The van der Waals surface area contributed by atoms with Crippen molar-refractivity contribution in [3.05, 3.63) is 40.4 Å². The average Bonchev–Trinajstić information content (AvgIpc) is 2.65. The molecule has 0 aliphatic carbocycles. The monoisotopic (exact) mass is 278 g/mol. The van der Waals surface area contributed by atoms with Gasteiger partial charge in [-0.05, 0) is 26.0 Å². The number of aryl methyl sites for hydroxylation is 1. The van der Waals surface area contributed by atoms with Crippen molar-refractivity contribution in [2.24, 2.45) is 0 Å². The summed E-state index contributed by atoms with van der Waals surface area (Å²) in [7, 11) is 0. The second kappa shape index (κ2) is 5.90. The first-order chi connectivity index (χ1) is 9.11. The van der Waals surface area contributed by atoms with Gasteiger partial charge in [0.2, 0.25) is 0 Å². The Labute approximate surface area is 115 Å². The van der Waals surface area contributed by atoms with Crippen LogP contribution < -0.4 is 10.8 Å². The molecule has 2 N–H and O–H groups in total. The predicted molar refractivity (Wildman–Crippen MR) is 72.0 cm³/mol. The first-order valence-corrected chi connectivity index (χ1v) is 6.65. The molecular weight excluding hydrogens is 264 g/mol. The van der Waals surface area contributed by atoms with Gasteiger partial charge in [-0.1, -0.05) is 29.5 Å². The molecule has 0 saturated heterocycles. The second-order valence-electron chi connectivity index (χ2n) is 3.94. The summed E-state index contributed by atoms with van der Waals surface area (Å²) in [5, 5.41) is 2.24. The summed E-state index contributed by atoms with van der Waals surface area (Å²) in [6.45, 7) is 4.17. The van der Waals surface area contributed by atoms with Crippen LogP contribution in [0.4, 0.5) is 0 Å². The summed E-state index contributed by atoms with van der Waals surface area (Å²) >= 11 is 1.23. The van der Waals surface area contributed by atoms with E-state index in [1.807, 2.05) is 31.2 Å². The summed E-state index contributed by atoms with van der Waals surface area (Å²) in [4.78, 5) is 29.5. The number of hydrogen-bond donors (Lipinski definition) is 2. The van der Waals surface area contributed by atoms with Crippen LogP contribution in [0.1, 0.15) is 12.5 Å². The van der Waals surface area contributed by atoms with Gasteiger partial charge in [0.05, 0.1) is 6.61 Å². The highest BCUT2D eigenvalue weighted by atomic mass is 32.2. The lowest BCUT2D eigenvalue weighted by molar-refractivity contribution is -0.124. The highest BCUT2D eigenvalue weighted by molar-refractivity contribution is 8.04. The van der Waals surface area contributed by atoms with E-state index in [2.05, 4.69) is 10.8 Å². The van der Waals surface area contributed by atoms with E-state index in [0.717, 1.165) is 10.5 Å². The zero-order chi connectivity index (χ0) is 13.8. The van der Waals surface area contributed by atoms with Crippen molar-refractivity contribution < 1.29 is 14.4 Å². The number of hydrogen-bond acceptors (Lipinski definition) is 5. The molecule has 5 nitrogen and oxygen atoms in total. The van der Waals surface area contributed by atoms with Gasteiger partial charge in [-0.15, -0.1) is 0 Å². The number of thioether (sulfide) groups is 1. The minimum Gasteiger partial charge on any atom is -0.286 e. The fourth-order valence-electron chi connectivity index (χ4n) is 1.50. The number of hydroxylamine groups is 1. The highest BCUT2D eigenvalue weighted by Gasteiger charge is 2.31. The van der Waals surface area contributed by atoms with Crippen LogP contribution in [-0.2, 0) is 14.4 Å². The Hall–Kier alpha value is -1.79. The Morgan fingerprint density at radius 2 is 1.89 bits per heavy atom. The Kier molecular flexibility index (Phi) is 4.24. The van der Waals surface area contributed by atoms with Gasteiger partial charge in [-0.2, -0.15) is 0 Å². The number of carbonyl (C=O) groups is 2. The lowest BCUT2D eigenvalue weighted by Crippen LogP contribution is -2.27. The standard InChI is InChI=1S/C13H14N2O3S/c1-3-18-15-10-11(13(17)14-12(10)16)19-9-6-4-8(2)5-7-9/h4-7H,3H2,1-2H3,(H2,14,15,16,17). The Bertz CT molecular complexity index is 537. The van der Waals surface area contributed by atoms with Gasteiger partial charge < -0.3 is 0 Å². The van der Waals surface area contributed by atoms with Crippen molar-refractivity contribution in [2.45, 2.75) is 18.7 Å². The third kappa shape index (κ3) is 3.15. The van der Waals surface area contributed by atoms with Crippen molar-refractivity contribution in [3.8, 4) is 0 Å². The van der Waals surface area contributed by atoms with Gasteiger partial charge in [-0.3, -0.25) is 25.2 Å². The second-order valence-corrected chi connectivity index (χ2v) is 5.02. The van der Waals surface area contributed by atoms with Gasteiger partial charge in [0, 0.05) is 4.90 Å². The fourth-order valence-corrected chi connectivity index (χ4v) is 2.39. The molecule has 1 aliphatic rings. The lowest BCUT2D eigenvalue weighted by atomic mass is 10.2. The van der Waals surface area contributed by atoms with Crippen molar-refractivity contribution in [1.82, 2.24) is 10.8 Å². The molecule has 0 radical (unpaired) electrons. The van der Waals surface area contributed by atoms with E-state index in [-0.39, 0.29) is 5.70 Å². The maximum absolute atomic E-state index is 11.7. The molecule has 1 aromatic rings. The van der Waals surface area contributed by atoms with E-state index < -0.39 is 11.8 Å². The molecule has 0 bridgehead atoms. The molecular formula is C13H14N2O3S. The maximum atomic E-state index is 11.7. The minimum absolute atomic E-state index is 0.164. The molecule has 0 fully saturated rings. The van der Waals surface area contributed by atoms with Crippen LogP contribution in [0, 0.1) is 6.92 Å². The van der Waals surface area contributed by atoms with Crippen molar-refractivity contribution in [3.63, 3.8) is 0 Å². The number of nitrogens with one attached hydrogen (secondary N) is 2. The predicted octanol–water partition coefficient (Wildman–Crippen LogP) is 1.50. The van der Waals surface area contributed by atoms with Crippen LogP contribution in [0.25, 0.3) is 0 Å². The molecule has 2 amide bonds. The molecule has 0 atom stereocenters. The topological polar surface area (TPSA) is 67.4 Å². The van der Waals surface area contributed by atoms with Crippen LogP contribution in [0.5, 0.6) is 0 Å². The third-order valence-electron chi connectivity index (χ3n) is 2.45. The van der Waals surface area contributed by atoms with Crippen LogP contribution in [-0.4, -0.2) is 18.4 Å². The smallest absolute Gasteiger partial charge is 0.277 e.